The monoisotopic (exact) mass is 308 g/mol. The molecule has 0 aromatic heterocycles. The zero-order chi connectivity index (χ0) is 13.5. The molecule has 0 saturated carbocycles. The van der Waals surface area contributed by atoms with Gasteiger partial charge in [0, 0.05) is 17.1 Å². The topological polar surface area (TPSA) is 27.0 Å². The first-order chi connectivity index (χ1) is 8.60. The van der Waals surface area contributed by atoms with Crippen LogP contribution in [0.3, 0.4) is 0 Å². The first-order valence-corrected chi connectivity index (χ1v) is 7.35. The third-order valence-electron chi connectivity index (χ3n) is 3.02. The van der Waals surface area contributed by atoms with Gasteiger partial charge >= 0.3 is 0 Å². The Morgan fingerprint density at radius 1 is 1.33 bits per heavy atom. The van der Waals surface area contributed by atoms with Crippen LogP contribution in [-0.4, -0.2) is 12.6 Å². The highest BCUT2D eigenvalue weighted by Crippen LogP contribution is 2.26. The standard InChI is InChI=1S/C15H21BrN2/c1-4-5-6-9-18(12(2)3)15-10-14(16)8-7-13(15)11-17/h7-8,10,12H,4-6,9H2,1-3H3. The molecule has 0 unspecified atom stereocenters. The molecule has 3 heteroatoms. The van der Waals surface area contributed by atoms with E-state index in [1.54, 1.807) is 0 Å². The highest BCUT2D eigenvalue weighted by Gasteiger charge is 2.14. The first kappa shape index (κ1) is 15.0. The van der Waals surface area contributed by atoms with Gasteiger partial charge in [-0.1, -0.05) is 35.7 Å². The molecule has 0 heterocycles. The summed E-state index contributed by atoms with van der Waals surface area (Å²) in [6.45, 7) is 7.57. The van der Waals surface area contributed by atoms with Crippen molar-refractivity contribution in [1.82, 2.24) is 0 Å². The summed E-state index contributed by atoms with van der Waals surface area (Å²) in [5, 5.41) is 9.22. The minimum Gasteiger partial charge on any atom is -0.368 e. The predicted octanol–water partition coefficient (Wildman–Crippen LogP) is 4.73. The summed E-state index contributed by atoms with van der Waals surface area (Å²) in [4.78, 5) is 2.32. The van der Waals surface area contributed by atoms with E-state index in [0.717, 1.165) is 22.3 Å². The van der Waals surface area contributed by atoms with Gasteiger partial charge in [0.15, 0.2) is 0 Å². The Balaban J connectivity index is 2.98. The molecule has 0 amide bonds. The fourth-order valence-electron chi connectivity index (χ4n) is 2.03. The number of unbranched alkanes of at least 4 members (excludes halogenated alkanes) is 2. The number of nitrogens with zero attached hydrogens (tertiary/aromatic N) is 2. The van der Waals surface area contributed by atoms with E-state index in [-0.39, 0.29) is 0 Å². The van der Waals surface area contributed by atoms with Crippen LogP contribution in [0.4, 0.5) is 5.69 Å². The highest BCUT2D eigenvalue weighted by atomic mass is 79.9. The third kappa shape index (κ3) is 4.03. The Labute approximate surface area is 119 Å². The average molecular weight is 309 g/mol. The van der Waals surface area contributed by atoms with E-state index in [4.69, 9.17) is 0 Å². The molecule has 0 bridgehead atoms. The van der Waals surface area contributed by atoms with Crippen molar-refractivity contribution in [3.8, 4) is 6.07 Å². The molecular weight excluding hydrogens is 288 g/mol. The summed E-state index contributed by atoms with van der Waals surface area (Å²) in [5.74, 6) is 0. The van der Waals surface area contributed by atoms with E-state index in [9.17, 15) is 5.26 Å². The second-order valence-corrected chi connectivity index (χ2v) is 5.68. The van der Waals surface area contributed by atoms with Crippen LogP contribution in [0.2, 0.25) is 0 Å². The molecule has 0 fully saturated rings. The number of hydrogen-bond acceptors (Lipinski definition) is 2. The van der Waals surface area contributed by atoms with Crippen molar-refractivity contribution in [2.45, 2.75) is 46.1 Å². The van der Waals surface area contributed by atoms with Crippen LogP contribution in [0, 0.1) is 11.3 Å². The number of nitriles is 1. The van der Waals surface area contributed by atoms with Crippen LogP contribution in [0.1, 0.15) is 45.6 Å². The minimum atomic E-state index is 0.406. The van der Waals surface area contributed by atoms with Gasteiger partial charge in [0.1, 0.15) is 6.07 Å². The molecule has 0 N–H and O–H groups in total. The Morgan fingerprint density at radius 2 is 2.06 bits per heavy atom. The molecule has 98 valence electrons. The lowest BCUT2D eigenvalue weighted by molar-refractivity contribution is 0.625. The molecule has 0 aliphatic heterocycles. The molecule has 0 aliphatic rings. The highest BCUT2D eigenvalue weighted by molar-refractivity contribution is 9.10. The number of hydrogen-bond donors (Lipinski definition) is 0. The molecule has 18 heavy (non-hydrogen) atoms. The van der Waals surface area contributed by atoms with Gasteiger partial charge in [0.2, 0.25) is 0 Å². The van der Waals surface area contributed by atoms with E-state index in [0.29, 0.717) is 6.04 Å². The van der Waals surface area contributed by atoms with Crippen LogP contribution in [-0.2, 0) is 0 Å². The molecule has 1 aromatic carbocycles. The van der Waals surface area contributed by atoms with E-state index in [2.05, 4.69) is 47.7 Å². The van der Waals surface area contributed by atoms with Gasteiger partial charge in [-0.2, -0.15) is 5.26 Å². The van der Waals surface area contributed by atoms with Crippen molar-refractivity contribution in [2.24, 2.45) is 0 Å². The summed E-state index contributed by atoms with van der Waals surface area (Å²) in [5.41, 5.74) is 1.79. The van der Waals surface area contributed by atoms with Gasteiger partial charge in [0.25, 0.3) is 0 Å². The first-order valence-electron chi connectivity index (χ1n) is 6.56. The van der Waals surface area contributed by atoms with Gasteiger partial charge in [-0.25, -0.2) is 0 Å². The van der Waals surface area contributed by atoms with E-state index < -0.39 is 0 Å². The van der Waals surface area contributed by atoms with Gasteiger partial charge < -0.3 is 4.90 Å². The lowest BCUT2D eigenvalue weighted by Crippen LogP contribution is -2.32. The Morgan fingerprint density at radius 3 is 2.61 bits per heavy atom. The zero-order valence-corrected chi connectivity index (χ0v) is 13.0. The maximum Gasteiger partial charge on any atom is 0.101 e. The van der Waals surface area contributed by atoms with Gasteiger partial charge in [-0.15, -0.1) is 0 Å². The van der Waals surface area contributed by atoms with E-state index in [1.165, 1.54) is 19.3 Å². The Kier molecular flexibility index (Phi) is 6.21. The summed E-state index contributed by atoms with van der Waals surface area (Å²) in [7, 11) is 0. The molecule has 1 rings (SSSR count). The lowest BCUT2D eigenvalue weighted by atomic mass is 10.1. The molecule has 0 spiro atoms. The number of halogens is 1. The van der Waals surface area contributed by atoms with Crippen LogP contribution in [0.5, 0.6) is 0 Å². The molecule has 0 radical (unpaired) electrons. The summed E-state index contributed by atoms with van der Waals surface area (Å²) in [6, 6.07) is 8.54. The zero-order valence-electron chi connectivity index (χ0n) is 11.4. The smallest absolute Gasteiger partial charge is 0.101 e. The SMILES string of the molecule is CCCCCN(c1cc(Br)ccc1C#N)C(C)C. The maximum absolute atomic E-state index is 9.22. The van der Waals surface area contributed by atoms with Crippen LogP contribution >= 0.6 is 15.9 Å². The molecular formula is C15H21BrN2. The summed E-state index contributed by atoms with van der Waals surface area (Å²) < 4.78 is 1.03. The number of anilines is 1. The third-order valence-corrected chi connectivity index (χ3v) is 3.51. The lowest BCUT2D eigenvalue weighted by Gasteiger charge is -2.30. The molecule has 1 aromatic rings. The Hall–Kier alpha value is -1.01. The fourth-order valence-corrected chi connectivity index (χ4v) is 2.37. The second kappa shape index (κ2) is 7.43. The molecule has 0 atom stereocenters. The summed E-state index contributed by atoms with van der Waals surface area (Å²) in [6.07, 6.45) is 3.63. The van der Waals surface area contributed by atoms with Crippen molar-refractivity contribution in [1.29, 1.82) is 5.26 Å². The fraction of sp³-hybridized carbons (Fsp3) is 0.533. The van der Waals surface area contributed by atoms with E-state index in [1.807, 2.05) is 18.2 Å². The molecule has 0 saturated heterocycles. The van der Waals surface area contributed by atoms with Crippen LogP contribution in [0.15, 0.2) is 22.7 Å². The number of rotatable bonds is 6. The second-order valence-electron chi connectivity index (χ2n) is 4.77. The normalized spacial score (nSPS) is 10.4. The molecule has 0 aliphatic carbocycles. The van der Waals surface area contributed by atoms with Crippen LogP contribution in [0.25, 0.3) is 0 Å². The van der Waals surface area contributed by atoms with Crippen molar-refractivity contribution in [3.63, 3.8) is 0 Å². The van der Waals surface area contributed by atoms with E-state index >= 15 is 0 Å². The predicted molar refractivity (Wildman–Crippen MR) is 80.9 cm³/mol. The maximum atomic E-state index is 9.22. The number of benzene rings is 1. The Bertz CT molecular complexity index is 421. The van der Waals surface area contributed by atoms with Crippen molar-refractivity contribution in [3.05, 3.63) is 28.2 Å². The quantitative estimate of drug-likeness (QED) is 0.711. The van der Waals surface area contributed by atoms with Crippen LogP contribution < -0.4 is 4.90 Å². The van der Waals surface area contributed by atoms with Crippen molar-refractivity contribution in [2.75, 3.05) is 11.4 Å². The van der Waals surface area contributed by atoms with Gasteiger partial charge in [-0.05, 0) is 38.5 Å². The van der Waals surface area contributed by atoms with Gasteiger partial charge in [0.05, 0.1) is 11.3 Å². The largest absolute Gasteiger partial charge is 0.368 e. The average Bonchev–Trinajstić information content (AvgIpc) is 2.34. The minimum absolute atomic E-state index is 0.406. The summed E-state index contributed by atoms with van der Waals surface area (Å²) >= 11 is 3.49. The molecule has 2 nitrogen and oxygen atoms in total. The van der Waals surface area contributed by atoms with Crippen molar-refractivity contribution < 1.29 is 0 Å². The van der Waals surface area contributed by atoms with Gasteiger partial charge in [-0.3, -0.25) is 0 Å². The van der Waals surface area contributed by atoms with Crippen molar-refractivity contribution >= 4 is 21.6 Å².